The SMILES string of the molecule is COc1cc(OC)c(NC(=S)Nc2ccc(NC(=O)c3cccc(NS(C)(=O)=O)c3)cc2)cc1Cl. The Morgan fingerprint density at radius 1 is 0.857 bits per heavy atom. The van der Waals surface area contributed by atoms with E-state index in [1.165, 1.54) is 20.3 Å². The molecule has 0 aromatic heterocycles. The van der Waals surface area contributed by atoms with Crippen molar-refractivity contribution in [1.82, 2.24) is 0 Å². The number of ether oxygens (including phenoxy) is 2. The molecule has 184 valence electrons. The van der Waals surface area contributed by atoms with E-state index >= 15 is 0 Å². The van der Waals surface area contributed by atoms with Gasteiger partial charge in [-0.05, 0) is 60.7 Å². The third-order valence-electron chi connectivity index (χ3n) is 4.55. The van der Waals surface area contributed by atoms with Crippen LogP contribution in [0.2, 0.25) is 5.02 Å². The van der Waals surface area contributed by atoms with Gasteiger partial charge in [-0.2, -0.15) is 0 Å². The van der Waals surface area contributed by atoms with Gasteiger partial charge >= 0.3 is 0 Å². The van der Waals surface area contributed by atoms with E-state index in [1.54, 1.807) is 54.6 Å². The Balaban J connectivity index is 1.63. The van der Waals surface area contributed by atoms with E-state index in [2.05, 4.69) is 20.7 Å². The number of thiocarbonyl (C=S) groups is 1. The van der Waals surface area contributed by atoms with Gasteiger partial charge in [-0.1, -0.05) is 17.7 Å². The topological polar surface area (TPSA) is 118 Å². The highest BCUT2D eigenvalue weighted by molar-refractivity contribution is 7.92. The van der Waals surface area contributed by atoms with Gasteiger partial charge < -0.3 is 25.4 Å². The van der Waals surface area contributed by atoms with Gasteiger partial charge in [-0.3, -0.25) is 9.52 Å². The van der Waals surface area contributed by atoms with Crippen LogP contribution in [0.5, 0.6) is 11.5 Å². The number of methoxy groups -OCH3 is 2. The maximum Gasteiger partial charge on any atom is 0.255 e. The summed E-state index contributed by atoms with van der Waals surface area (Å²) < 4.78 is 35.7. The summed E-state index contributed by atoms with van der Waals surface area (Å²) in [4.78, 5) is 12.6. The lowest BCUT2D eigenvalue weighted by Gasteiger charge is -2.15. The highest BCUT2D eigenvalue weighted by Crippen LogP contribution is 2.36. The Kier molecular flexibility index (Phi) is 8.39. The molecule has 9 nitrogen and oxygen atoms in total. The molecule has 0 heterocycles. The summed E-state index contributed by atoms with van der Waals surface area (Å²) in [6.07, 6.45) is 1.04. The molecule has 0 spiro atoms. The van der Waals surface area contributed by atoms with Crippen LogP contribution in [0.25, 0.3) is 0 Å². The molecule has 0 aliphatic heterocycles. The quantitative estimate of drug-likeness (QED) is 0.305. The second-order valence-corrected chi connectivity index (χ2v) is 9.82. The highest BCUT2D eigenvalue weighted by Gasteiger charge is 2.12. The molecule has 1 amide bonds. The van der Waals surface area contributed by atoms with Gasteiger partial charge in [0.2, 0.25) is 10.0 Å². The van der Waals surface area contributed by atoms with E-state index in [4.69, 9.17) is 33.3 Å². The predicted octanol–water partition coefficient (Wildman–Crippen LogP) is 4.79. The summed E-state index contributed by atoms with van der Waals surface area (Å²) in [6.45, 7) is 0. The first kappa shape index (κ1) is 26.1. The standard InChI is InChI=1S/C23H23ClN4O5S2/c1-32-20-13-21(33-2)19(12-18(20)24)27-23(34)26-16-9-7-15(8-10-16)25-22(29)14-5-4-6-17(11-14)28-35(3,30)31/h4-13,28H,1-3H3,(H,25,29)(H2,26,27,34). The van der Waals surface area contributed by atoms with Crippen molar-refractivity contribution in [2.75, 3.05) is 41.1 Å². The lowest BCUT2D eigenvalue weighted by atomic mass is 10.2. The first-order valence-corrected chi connectivity index (χ1v) is 12.7. The van der Waals surface area contributed by atoms with Crippen molar-refractivity contribution < 1.29 is 22.7 Å². The van der Waals surface area contributed by atoms with E-state index in [1.807, 2.05) is 0 Å². The third-order valence-corrected chi connectivity index (χ3v) is 5.66. The Morgan fingerprint density at radius 2 is 1.49 bits per heavy atom. The molecule has 0 aliphatic carbocycles. The first-order valence-electron chi connectivity index (χ1n) is 10.1. The van der Waals surface area contributed by atoms with Crippen molar-refractivity contribution in [1.29, 1.82) is 0 Å². The van der Waals surface area contributed by atoms with Crippen LogP contribution in [0.3, 0.4) is 0 Å². The van der Waals surface area contributed by atoms with Crippen LogP contribution in [-0.2, 0) is 10.0 Å². The van der Waals surface area contributed by atoms with Crippen LogP contribution >= 0.6 is 23.8 Å². The molecule has 12 heteroatoms. The molecular formula is C23H23ClN4O5S2. The smallest absolute Gasteiger partial charge is 0.255 e. The van der Waals surface area contributed by atoms with Gasteiger partial charge in [-0.25, -0.2) is 8.42 Å². The zero-order valence-corrected chi connectivity index (χ0v) is 21.4. The zero-order valence-electron chi connectivity index (χ0n) is 19.0. The molecule has 0 atom stereocenters. The molecule has 0 aliphatic rings. The molecule has 0 saturated carbocycles. The van der Waals surface area contributed by atoms with Crippen molar-refractivity contribution >= 4 is 67.6 Å². The van der Waals surface area contributed by atoms with E-state index < -0.39 is 10.0 Å². The minimum Gasteiger partial charge on any atom is -0.495 e. The highest BCUT2D eigenvalue weighted by atomic mass is 35.5. The number of rotatable bonds is 8. The number of hydrogen-bond donors (Lipinski definition) is 4. The number of hydrogen-bond acceptors (Lipinski definition) is 6. The van der Waals surface area contributed by atoms with Crippen LogP contribution in [-0.4, -0.2) is 39.9 Å². The summed E-state index contributed by atoms with van der Waals surface area (Å²) in [5.41, 5.74) is 2.39. The number of anilines is 4. The third kappa shape index (κ3) is 7.47. The number of amides is 1. The molecule has 4 N–H and O–H groups in total. The zero-order chi connectivity index (χ0) is 25.6. The first-order chi connectivity index (χ1) is 16.6. The van der Waals surface area contributed by atoms with E-state index in [0.717, 1.165) is 6.26 Å². The number of nitrogens with one attached hydrogen (secondary N) is 4. The molecule has 0 bridgehead atoms. The number of benzene rings is 3. The molecule has 3 aromatic rings. The Morgan fingerprint density at radius 3 is 2.09 bits per heavy atom. The molecule has 0 unspecified atom stereocenters. The summed E-state index contributed by atoms with van der Waals surface area (Å²) in [7, 11) is -0.409. The van der Waals surface area contributed by atoms with Crippen LogP contribution in [0.4, 0.5) is 22.7 Å². The van der Waals surface area contributed by atoms with Crippen molar-refractivity contribution in [3.8, 4) is 11.5 Å². The summed E-state index contributed by atoms with van der Waals surface area (Å²) in [6, 6.07) is 16.4. The van der Waals surface area contributed by atoms with Crippen LogP contribution in [0, 0.1) is 0 Å². The largest absolute Gasteiger partial charge is 0.495 e. The maximum absolute atomic E-state index is 12.6. The lowest BCUT2D eigenvalue weighted by molar-refractivity contribution is 0.102. The number of carbonyl (C=O) groups is 1. The molecule has 3 aromatic carbocycles. The van der Waals surface area contributed by atoms with Gasteiger partial charge in [0, 0.05) is 28.7 Å². The predicted molar refractivity (Wildman–Crippen MR) is 144 cm³/mol. The van der Waals surface area contributed by atoms with E-state index in [9.17, 15) is 13.2 Å². The van der Waals surface area contributed by atoms with Gasteiger partial charge in [0.05, 0.1) is 31.2 Å². The maximum atomic E-state index is 12.6. The van der Waals surface area contributed by atoms with Crippen LogP contribution < -0.4 is 30.1 Å². The number of sulfonamides is 1. The fourth-order valence-electron chi connectivity index (χ4n) is 3.02. The van der Waals surface area contributed by atoms with Crippen molar-refractivity contribution in [2.45, 2.75) is 0 Å². The second-order valence-electron chi connectivity index (χ2n) is 7.25. The summed E-state index contributed by atoms with van der Waals surface area (Å²) in [5, 5.41) is 9.54. The summed E-state index contributed by atoms with van der Waals surface area (Å²) >= 11 is 11.6. The Bertz CT molecular complexity index is 1350. The second kappa shape index (κ2) is 11.3. The Labute approximate surface area is 213 Å². The monoisotopic (exact) mass is 534 g/mol. The minimum absolute atomic E-state index is 0.301. The fraction of sp³-hybridized carbons (Fsp3) is 0.130. The minimum atomic E-state index is -3.45. The van der Waals surface area contributed by atoms with E-state index in [0.29, 0.717) is 49.9 Å². The van der Waals surface area contributed by atoms with Gasteiger partial charge in [0.15, 0.2) is 5.11 Å². The van der Waals surface area contributed by atoms with Crippen molar-refractivity contribution in [3.63, 3.8) is 0 Å². The Hall–Kier alpha value is -3.54. The molecular weight excluding hydrogens is 512 g/mol. The molecule has 0 fully saturated rings. The molecule has 3 rings (SSSR count). The summed E-state index contributed by atoms with van der Waals surface area (Å²) in [5.74, 6) is 0.594. The normalized spacial score (nSPS) is 10.7. The molecule has 0 radical (unpaired) electrons. The molecule has 0 saturated heterocycles. The van der Waals surface area contributed by atoms with Gasteiger partial charge in [-0.15, -0.1) is 0 Å². The van der Waals surface area contributed by atoms with Crippen LogP contribution in [0.1, 0.15) is 10.4 Å². The number of carbonyl (C=O) groups excluding carboxylic acids is 1. The average molecular weight is 535 g/mol. The number of halogens is 1. The van der Waals surface area contributed by atoms with Crippen molar-refractivity contribution in [2.24, 2.45) is 0 Å². The van der Waals surface area contributed by atoms with E-state index in [-0.39, 0.29) is 5.91 Å². The van der Waals surface area contributed by atoms with Gasteiger partial charge in [0.25, 0.3) is 5.91 Å². The van der Waals surface area contributed by atoms with Crippen molar-refractivity contribution in [3.05, 3.63) is 71.2 Å². The average Bonchev–Trinajstić information content (AvgIpc) is 2.79. The van der Waals surface area contributed by atoms with Gasteiger partial charge in [0.1, 0.15) is 11.5 Å². The van der Waals surface area contributed by atoms with Crippen LogP contribution in [0.15, 0.2) is 60.7 Å². The lowest BCUT2D eigenvalue weighted by Crippen LogP contribution is -2.19. The fourth-order valence-corrected chi connectivity index (χ4v) is 4.04. The molecule has 35 heavy (non-hydrogen) atoms.